The van der Waals surface area contributed by atoms with Crippen molar-refractivity contribution in [3.63, 3.8) is 0 Å². The fourth-order valence-corrected chi connectivity index (χ4v) is 5.14. The van der Waals surface area contributed by atoms with Crippen molar-refractivity contribution in [1.82, 2.24) is 14.9 Å². The van der Waals surface area contributed by atoms with E-state index in [1.165, 1.54) is 10.4 Å². The van der Waals surface area contributed by atoms with E-state index < -0.39 is 10.0 Å². The minimum absolute atomic E-state index is 0.111. The number of morpholine rings is 1. The summed E-state index contributed by atoms with van der Waals surface area (Å²) in [7, 11) is -3.63. The second kappa shape index (κ2) is 8.04. The van der Waals surface area contributed by atoms with Gasteiger partial charge in [0.25, 0.3) is 5.91 Å². The summed E-state index contributed by atoms with van der Waals surface area (Å²) in [5.41, 5.74) is 1.03. The van der Waals surface area contributed by atoms with Crippen molar-refractivity contribution in [2.24, 2.45) is 0 Å². The Balaban J connectivity index is 1.79. The lowest BCUT2D eigenvalue weighted by molar-refractivity contribution is 0.0730. The lowest BCUT2D eigenvalue weighted by Gasteiger charge is -2.29. The Morgan fingerprint density at radius 3 is 2.73 bits per heavy atom. The number of carbonyl (C=O) groups is 1. The molecule has 1 aromatic carbocycles. The van der Waals surface area contributed by atoms with Crippen LogP contribution in [0.1, 0.15) is 35.7 Å². The highest BCUT2D eigenvalue weighted by molar-refractivity contribution is 7.89. The molecule has 0 aliphatic carbocycles. The molecule has 7 nitrogen and oxygen atoms in total. The monoisotopic (exact) mass is 381 g/mol. The molecule has 0 radical (unpaired) electrons. The molecule has 2 saturated heterocycles. The second-order valence-corrected chi connectivity index (χ2v) is 8.95. The Morgan fingerprint density at radius 2 is 2.04 bits per heavy atom. The zero-order chi connectivity index (χ0) is 18.7. The Morgan fingerprint density at radius 1 is 1.31 bits per heavy atom. The molecule has 0 saturated carbocycles. The minimum atomic E-state index is -3.63. The Hall–Kier alpha value is -1.48. The molecule has 0 aromatic heterocycles. The van der Waals surface area contributed by atoms with Gasteiger partial charge in [0.05, 0.1) is 18.1 Å². The molecule has 2 N–H and O–H groups in total. The molecule has 2 atom stereocenters. The Kier molecular flexibility index (Phi) is 5.96. The SMILES string of the molecule is Cc1ccc(C(=O)NC2CCNC(C)C2)cc1S(=O)(=O)N1CCOCC1. The van der Waals surface area contributed by atoms with Gasteiger partial charge in [-0.05, 0) is 50.9 Å². The number of carbonyl (C=O) groups excluding carboxylic acids is 1. The van der Waals surface area contributed by atoms with Crippen LogP contribution in [0.5, 0.6) is 0 Å². The van der Waals surface area contributed by atoms with Crippen LogP contribution in [0.4, 0.5) is 0 Å². The molecule has 1 aromatic rings. The summed E-state index contributed by atoms with van der Waals surface area (Å²) >= 11 is 0. The summed E-state index contributed by atoms with van der Waals surface area (Å²) in [6.07, 6.45) is 1.75. The maximum Gasteiger partial charge on any atom is 0.251 e. The molecule has 8 heteroatoms. The van der Waals surface area contributed by atoms with Gasteiger partial charge in [0, 0.05) is 30.7 Å². The van der Waals surface area contributed by atoms with Crippen molar-refractivity contribution < 1.29 is 17.9 Å². The lowest BCUT2D eigenvalue weighted by Crippen LogP contribution is -2.46. The molecule has 2 aliphatic heterocycles. The van der Waals surface area contributed by atoms with Gasteiger partial charge in [-0.25, -0.2) is 8.42 Å². The van der Waals surface area contributed by atoms with E-state index in [9.17, 15) is 13.2 Å². The first-order valence-electron chi connectivity index (χ1n) is 9.10. The standard InChI is InChI=1S/C18H27N3O4S/c1-13-3-4-15(18(22)20-16-5-6-19-14(2)11-16)12-17(13)26(23,24)21-7-9-25-10-8-21/h3-4,12,14,16,19H,5-11H2,1-2H3,(H,20,22). The minimum Gasteiger partial charge on any atom is -0.379 e. The van der Waals surface area contributed by atoms with Crippen LogP contribution >= 0.6 is 0 Å². The number of sulfonamides is 1. The number of benzene rings is 1. The number of hydrogen-bond donors (Lipinski definition) is 2. The van der Waals surface area contributed by atoms with Crippen LogP contribution in [0.2, 0.25) is 0 Å². The molecule has 3 rings (SSSR count). The van der Waals surface area contributed by atoms with Gasteiger partial charge >= 0.3 is 0 Å². The zero-order valence-corrected chi connectivity index (χ0v) is 16.1. The van der Waals surface area contributed by atoms with Crippen LogP contribution in [-0.4, -0.2) is 63.6 Å². The summed E-state index contributed by atoms with van der Waals surface area (Å²) in [5.74, 6) is -0.220. The van der Waals surface area contributed by atoms with E-state index in [2.05, 4.69) is 17.6 Å². The van der Waals surface area contributed by atoms with E-state index in [-0.39, 0.29) is 16.8 Å². The lowest BCUT2D eigenvalue weighted by atomic mass is 10.00. The molecule has 0 bridgehead atoms. The quantitative estimate of drug-likeness (QED) is 0.809. The van der Waals surface area contributed by atoms with Gasteiger partial charge < -0.3 is 15.4 Å². The summed E-state index contributed by atoms with van der Waals surface area (Å²) in [6, 6.07) is 5.37. The summed E-state index contributed by atoms with van der Waals surface area (Å²) in [4.78, 5) is 12.8. The number of hydrogen-bond acceptors (Lipinski definition) is 5. The molecule has 2 fully saturated rings. The van der Waals surface area contributed by atoms with Gasteiger partial charge in [-0.3, -0.25) is 4.79 Å². The molecule has 144 valence electrons. The van der Waals surface area contributed by atoms with Crippen molar-refractivity contribution in [2.45, 2.75) is 43.7 Å². The highest BCUT2D eigenvalue weighted by Crippen LogP contribution is 2.22. The fourth-order valence-electron chi connectivity index (χ4n) is 3.48. The summed E-state index contributed by atoms with van der Waals surface area (Å²) < 4.78 is 32.6. The fraction of sp³-hybridized carbons (Fsp3) is 0.611. The van der Waals surface area contributed by atoms with Crippen LogP contribution in [-0.2, 0) is 14.8 Å². The Bertz CT molecular complexity index is 760. The molecule has 0 spiro atoms. The molecule has 2 unspecified atom stereocenters. The first kappa shape index (κ1) is 19.3. The van der Waals surface area contributed by atoms with Gasteiger partial charge in [0.15, 0.2) is 0 Å². The van der Waals surface area contributed by atoms with Gasteiger partial charge in [-0.15, -0.1) is 0 Å². The largest absolute Gasteiger partial charge is 0.379 e. The number of aryl methyl sites for hydroxylation is 1. The third kappa shape index (κ3) is 4.25. The van der Waals surface area contributed by atoms with Crippen LogP contribution < -0.4 is 10.6 Å². The van der Waals surface area contributed by atoms with Crippen molar-refractivity contribution in [1.29, 1.82) is 0 Å². The Labute approximate surface area is 155 Å². The van der Waals surface area contributed by atoms with E-state index in [0.717, 1.165) is 19.4 Å². The highest BCUT2D eigenvalue weighted by Gasteiger charge is 2.29. The average molecular weight is 381 g/mol. The maximum absolute atomic E-state index is 12.9. The third-order valence-electron chi connectivity index (χ3n) is 5.00. The number of nitrogens with one attached hydrogen (secondary N) is 2. The smallest absolute Gasteiger partial charge is 0.251 e. The van der Waals surface area contributed by atoms with Crippen molar-refractivity contribution in [2.75, 3.05) is 32.8 Å². The zero-order valence-electron chi connectivity index (χ0n) is 15.3. The molecule has 26 heavy (non-hydrogen) atoms. The van der Waals surface area contributed by atoms with Crippen LogP contribution in [0, 0.1) is 6.92 Å². The van der Waals surface area contributed by atoms with E-state index in [1.54, 1.807) is 19.1 Å². The number of nitrogens with zero attached hydrogens (tertiary/aromatic N) is 1. The number of amides is 1. The molecule has 2 heterocycles. The normalized spacial score (nSPS) is 25.0. The van der Waals surface area contributed by atoms with E-state index >= 15 is 0 Å². The van der Waals surface area contributed by atoms with Gasteiger partial charge in [0.1, 0.15) is 0 Å². The molecular weight excluding hydrogens is 354 g/mol. The van der Waals surface area contributed by atoms with Gasteiger partial charge in [0.2, 0.25) is 10.0 Å². The van der Waals surface area contributed by atoms with E-state index in [1.807, 2.05) is 0 Å². The van der Waals surface area contributed by atoms with E-state index in [4.69, 9.17) is 4.74 Å². The number of rotatable bonds is 4. The maximum atomic E-state index is 12.9. The van der Waals surface area contributed by atoms with Gasteiger partial charge in [-0.1, -0.05) is 6.07 Å². The van der Waals surface area contributed by atoms with Crippen molar-refractivity contribution in [3.05, 3.63) is 29.3 Å². The molecular formula is C18H27N3O4S. The summed E-state index contributed by atoms with van der Waals surface area (Å²) in [5, 5.41) is 6.39. The van der Waals surface area contributed by atoms with Crippen LogP contribution in [0.25, 0.3) is 0 Å². The van der Waals surface area contributed by atoms with Gasteiger partial charge in [-0.2, -0.15) is 4.31 Å². The predicted molar refractivity (Wildman–Crippen MR) is 98.7 cm³/mol. The third-order valence-corrected chi connectivity index (χ3v) is 7.04. The second-order valence-electron chi connectivity index (χ2n) is 7.05. The predicted octanol–water partition coefficient (Wildman–Crippen LogP) is 0.886. The van der Waals surface area contributed by atoms with E-state index in [0.29, 0.717) is 43.5 Å². The van der Waals surface area contributed by atoms with Crippen LogP contribution in [0.15, 0.2) is 23.1 Å². The number of ether oxygens (including phenoxy) is 1. The average Bonchev–Trinajstić information content (AvgIpc) is 2.62. The molecule has 2 aliphatic rings. The number of piperidine rings is 1. The van der Waals surface area contributed by atoms with Crippen LogP contribution in [0.3, 0.4) is 0 Å². The summed E-state index contributed by atoms with van der Waals surface area (Å²) in [6.45, 7) is 6.19. The van der Waals surface area contributed by atoms with Crippen molar-refractivity contribution in [3.8, 4) is 0 Å². The first-order valence-corrected chi connectivity index (χ1v) is 10.5. The molecule has 1 amide bonds. The topological polar surface area (TPSA) is 87.7 Å². The first-order chi connectivity index (χ1) is 12.4. The highest BCUT2D eigenvalue weighted by atomic mass is 32.2. The van der Waals surface area contributed by atoms with Crippen molar-refractivity contribution >= 4 is 15.9 Å².